The molecule has 2 amide bonds. The van der Waals surface area contributed by atoms with Gasteiger partial charge in [0.05, 0.1) is 5.69 Å². The van der Waals surface area contributed by atoms with Gasteiger partial charge in [0.1, 0.15) is 16.8 Å². The highest BCUT2D eigenvalue weighted by Crippen LogP contribution is 2.35. The monoisotopic (exact) mass is 398 g/mol. The summed E-state index contributed by atoms with van der Waals surface area (Å²) in [6.07, 6.45) is 6.12. The minimum Gasteiger partial charge on any atom is -0.368 e. The largest absolute Gasteiger partial charge is 0.368 e. The summed E-state index contributed by atoms with van der Waals surface area (Å²) in [5, 5.41) is 18.4. The normalized spacial score (nSPS) is 20.1. The minimum atomic E-state index is -0.685. The molecule has 9 heteroatoms. The van der Waals surface area contributed by atoms with Crippen molar-refractivity contribution in [2.24, 2.45) is 10.8 Å². The van der Waals surface area contributed by atoms with Crippen molar-refractivity contribution < 1.29 is 9.59 Å². The molecule has 1 aliphatic heterocycles. The van der Waals surface area contributed by atoms with Crippen molar-refractivity contribution in [3.05, 3.63) is 35.3 Å². The molecule has 1 aliphatic carbocycles. The molecule has 2 aliphatic rings. The number of carbonyl (C=O) groups excluding carboxylic acids is 2. The van der Waals surface area contributed by atoms with Crippen LogP contribution in [0.5, 0.6) is 0 Å². The number of amides is 2. The first-order chi connectivity index (χ1) is 13.6. The van der Waals surface area contributed by atoms with E-state index in [1.54, 1.807) is 0 Å². The van der Waals surface area contributed by atoms with Gasteiger partial charge < -0.3 is 5.73 Å². The number of hydrogen-bond donors (Lipinski definition) is 2. The third kappa shape index (κ3) is 3.89. The first-order valence-electron chi connectivity index (χ1n) is 9.47. The van der Waals surface area contributed by atoms with E-state index in [1.807, 2.05) is 30.3 Å². The van der Waals surface area contributed by atoms with Crippen molar-refractivity contribution in [3.63, 3.8) is 0 Å². The van der Waals surface area contributed by atoms with Crippen molar-refractivity contribution in [2.75, 3.05) is 10.3 Å². The molecule has 1 aromatic heterocycles. The lowest BCUT2D eigenvalue weighted by atomic mass is 9.90. The van der Waals surface area contributed by atoms with Gasteiger partial charge in [-0.25, -0.2) is 0 Å². The van der Waals surface area contributed by atoms with Crippen molar-refractivity contribution in [1.82, 2.24) is 10.2 Å². The van der Waals surface area contributed by atoms with E-state index in [0.717, 1.165) is 17.8 Å². The first kappa shape index (κ1) is 18.5. The lowest BCUT2D eigenvalue weighted by Gasteiger charge is -2.20. The Labute approximate surface area is 166 Å². The summed E-state index contributed by atoms with van der Waals surface area (Å²) in [5.41, 5.74) is 6.48. The summed E-state index contributed by atoms with van der Waals surface area (Å²) in [6.45, 7) is 0. The van der Waals surface area contributed by atoms with Gasteiger partial charge in [0.25, 0.3) is 5.91 Å². The number of nitrogens with zero attached hydrogens (tertiary/aromatic N) is 4. The van der Waals surface area contributed by atoms with E-state index in [2.05, 4.69) is 20.6 Å². The Balaban J connectivity index is 1.47. The van der Waals surface area contributed by atoms with Gasteiger partial charge in [-0.3, -0.25) is 19.9 Å². The van der Waals surface area contributed by atoms with Crippen LogP contribution in [-0.2, 0) is 9.59 Å². The lowest BCUT2D eigenvalue weighted by Crippen LogP contribution is -2.39. The topological polar surface area (TPSA) is 114 Å². The SMILES string of the molecule is NC(=O)C1CC(C(=O)Nc2nnc(C3CCCCC3)s2)=NN1c1ccccc1. The average Bonchev–Trinajstić information content (AvgIpc) is 3.37. The molecule has 2 heterocycles. The van der Waals surface area contributed by atoms with Crippen molar-refractivity contribution in [3.8, 4) is 0 Å². The second kappa shape index (κ2) is 8.05. The number of nitrogens with one attached hydrogen (secondary N) is 1. The Kier molecular flexibility index (Phi) is 5.34. The highest BCUT2D eigenvalue weighted by atomic mass is 32.1. The van der Waals surface area contributed by atoms with E-state index in [9.17, 15) is 9.59 Å². The molecule has 146 valence electrons. The van der Waals surface area contributed by atoms with Crippen LogP contribution in [0, 0.1) is 0 Å². The van der Waals surface area contributed by atoms with E-state index in [0.29, 0.717) is 16.7 Å². The zero-order valence-electron chi connectivity index (χ0n) is 15.4. The number of carbonyl (C=O) groups is 2. The Morgan fingerprint density at radius 2 is 1.86 bits per heavy atom. The van der Waals surface area contributed by atoms with Gasteiger partial charge in [-0.05, 0) is 25.0 Å². The third-order valence-electron chi connectivity index (χ3n) is 5.14. The van der Waals surface area contributed by atoms with Crippen LogP contribution in [0.15, 0.2) is 35.4 Å². The van der Waals surface area contributed by atoms with Crippen LogP contribution in [0.1, 0.15) is 49.5 Å². The Hall–Kier alpha value is -2.81. The molecule has 4 rings (SSSR count). The van der Waals surface area contributed by atoms with Crippen LogP contribution in [0.3, 0.4) is 0 Å². The fraction of sp³-hybridized carbons (Fsp3) is 0.421. The molecule has 0 spiro atoms. The molecular formula is C19H22N6O2S. The van der Waals surface area contributed by atoms with Gasteiger partial charge in [-0.15, -0.1) is 10.2 Å². The highest BCUT2D eigenvalue weighted by molar-refractivity contribution is 7.15. The maximum atomic E-state index is 12.7. The molecule has 0 bridgehead atoms. The van der Waals surface area contributed by atoms with E-state index >= 15 is 0 Å². The maximum Gasteiger partial charge on any atom is 0.273 e. The fourth-order valence-corrected chi connectivity index (χ4v) is 4.56. The predicted molar refractivity (Wildman–Crippen MR) is 108 cm³/mol. The molecule has 0 saturated heterocycles. The zero-order valence-corrected chi connectivity index (χ0v) is 16.2. The van der Waals surface area contributed by atoms with Crippen molar-refractivity contribution in [1.29, 1.82) is 0 Å². The van der Waals surface area contributed by atoms with Gasteiger partial charge in [0.15, 0.2) is 0 Å². The van der Waals surface area contributed by atoms with Crippen LogP contribution < -0.4 is 16.1 Å². The van der Waals surface area contributed by atoms with Gasteiger partial charge in [0.2, 0.25) is 11.0 Å². The fourth-order valence-electron chi connectivity index (χ4n) is 3.66. The number of para-hydroxylation sites is 1. The Bertz CT molecular complexity index is 891. The first-order valence-corrected chi connectivity index (χ1v) is 10.3. The average molecular weight is 398 g/mol. The summed E-state index contributed by atoms with van der Waals surface area (Å²) in [4.78, 5) is 24.5. The van der Waals surface area contributed by atoms with Crippen molar-refractivity contribution in [2.45, 2.75) is 50.5 Å². The smallest absolute Gasteiger partial charge is 0.273 e. The molecule has 1 saturated carbocycles. The lowest BCUT2D eigenvalue weighted by molar-refractivity contribution is -0.119. The standard InChI is InChI=1S/C19H22N6O2S/c20-16(26)15-11-14(24-25(15)13-9-5-2-6-10-13)17(27)21-19-23-22-18(28-19)12-7-3-1-4-8-12/h2,5-6,9-10,12,15H,1,3-4,7-8,11H2,(H2,20,26)(H,21,23,27). The zero-order chi connectivity index (χ0) is 19.5. The second-order valence-electron chi connectivity index (χ2n) is 7.08. The van der Waals surface area contributed by atoms with E-state index in [-0.39, 0.29) is 18.0 Å². The maximum absolute atomic E-state index is 12.7. The predicted octanol–water partition coefficient (Wildman–Crippen LogP) is 2.64. The quantitative estimate of drug-likeness (QED) is 0.804. The van der Waals surface area contributed by atoms with Gasteiger partial charge in [0, 0.05) is 12.3 Å². The van der Waals surface area contributed by atoms with Crippen LogP contribution in [0.2, 0.25) is 0 Å². The summed E-state index contributed by atoms with van der Waals surface area (Å²) in [6, 6.07) is 8.51. The molecular weight excluding hydrogens is 376 g/mol. The van der Waals surface area contributed by atoms with Crippen LogP contribution in [0.25, 0.3) is 0 Å². The summed E-state index contributed by atoms with van der Waals surface area (Å²) >= 11 is 1.42. The van der Waals surface area contributed by atoms with E-state index in [4.69, 9.17) is 5.73 Å². The van der Waals surface area contributed by atoms with Gasteiger partial charge in [-0.1, -0.05) is 48.8 Å². The number of anilines is 2. The third-order valence-corrected chi connectivity index (χ3v) is 6.14. The van der Waals surface area contributed by atoms with Crippen LogP contribution >= 0.6 is 11.3 Å². The van der Waals surface area contributed by atoms with Crippen molar-refractivity contribution >= 4 is 39.7 Å². The van der Waals surface area contributed by atoms with Crippen LogP contribution in [0.4, 0.5) is 10.8 Å². The number of aromatic nitrogens is 2. The summed E-state index contributed by atoms with van der Waals surface area (Å²) in [7, 11) is 0. The second-order valence-corrected chi connectivity index (χ2v) is 8.09. The highest BCUT2D eigenvalue weighted by Gasteiger charge is 2.35. The van der Waals surface area contributed by atoms with Gasteiger partial charge in [-0.2, -0.15) is 5.10 Å². The number of rotatable bonds is 5. The minimum absolute atomic E-state index is 0.157. The molecule has 0 radical (unpaired) electrons. The van der Waals surface area contributed by atoms with E-state index < -0.39 is 11.9 Å². The number of nitrogens with two attached hydrogens (primary N) is 1. The van der Waals surface area contributed by atoms with Gasteiger partial charge >= 0.3 is 0 Å². The van der Waals surface area contributed by atoms with Crippen LogP contribution in [-0.4, -0.2) is 33.8 Å². The Morgan fingerprint density at radius 3 is 2.57 bits per heavy atom. The molecule has 28 heavy (non-hydrogen) atoms. The molecule has 8 nitrogen and oxygen atoms in total. The molecule has 1 atom stereocenters. The number of hydrogen-bond acceptors (Lipinski definition) is 7. The summed E-state index contributed by atoms with van der Waals surface area (Å²) in [5.74, 6) is -0.463. The molecule has 3 N–H and O–H groups in total. The Morgan fingerprint density at radius 1 is 1.11 bits per heavy atom. The number of benzene rings is 1. The molecule has 1 aromatic carbocycles. The molecule has 1 fully saturated rings. The number of primary amides is 1. The molecule has 1 unspecified atom stereocenters. The molecule has 2 aromatic rings. The van der Waals surface area contributed by atoms with E-state index in [1.165, 1.54) is 35.6 Å². The number of hydrazone groups is 1. The summed E-state index contributed by atoms with van der Waals surface area (Å²) < 4.78 is 0.